The third-order valence-corrected chi connectivity index (χ3v) is 4.57. The van der Waals surface area contributed by atoms with Gasteiger partial charge in [-0.05, 0) is 43.2 Å². The van der Waals surface area contributed by atoms with Crippen molar-refractivity contribution >= 4 is 11.3 Å². The van der Waals surface area contributed by atoms with Gasteiger partial charge in [0.1, 0.15) is 0 Å². The highest BCUT2D eigenvalue weighted by atomic mass is 32.1. The maximum atomic E-state index is 3.61. The minimum Gasteiger partial charge on any atom is -0.310 e. The van der Waals surface area contributed by atoms with Gasteiger partial charge < -0.3 is 5.32 Å². The molecule has 0 bridgehead atoms. The predicted octanol–water partition coefficient (Wildman–Crippen LogP) is 5.03. The van der Waals surface area contributed by atoms with Crippen LogP contribution < -0.4 is 5.32 Å². The molecule has 0 amide bonds. The summed E-state index contributed by atoms with van der Waals surface area (Å²) in [6.45, 7) is 3.28. The van der Waals surface area contributed by atoms with Gasteiger partial charge in [-0.2, -0.15) is 0 Å². The Morgan fingerprint density at radius 1 is 1.00 bits per heavy atom. The van der Waals surface area contributed by atoms with Crippen molar-refractivity contribution in [2.24, 2.45) is 0 Å². The summed E-state index contributed by atoms with van der Waals surface area (Å²) in [4.78, 5) is 1.53. The molecule has 1 nitrogen and oxygen atoms in total. The molecule has 2 aromatic rings. The maximum absolute atomic E-state index is 3.61. The lowest BCUT2D eigenvalue weighted by Gasteiger charge is -2.13. The average molecular weight is 287 g/mol. The van der Waals surface area contributed by atoms with E-state index in [1.165, 1.54) is 42.5 Å². The summed E-state index contributed by atoms with van der Waals surface area (Å²) in [6.07, 6.45) is 6.52. The van der Waals surface area contributed by atoms with E-state index in [4.69, 9.17) is 0 Å². The van der Waals surface area contributed by atoms with Gasteiger partial charge in [0.15, 0.2) is 0 Å². The van der Waals surface area contributed by atoms with Crippen LogP contribution in [0.25, 0.3) is 0 Å². The van der Waals surface area contributed by atoms with Crippen LogP contribution >= 0.6 is 11.3 Å². The molecule has 2 rings (SSSR count). The first-order valence-corrected chi connectivity index (χ1v) is 8.52. The third kappa shape index (κ3) is 5.89. The molecule has 0 saturated heterocycles. The van der Waals surface area contributed by atoms with E-state index in [1.807, 2.05) is 11.3 Å². The molecule has 0 radical (unpaired) electrons. The van der Waals surface area contributed by atoms with Crippen LogP contribution in [0, 0.1) is 0 Å². The van der Waals surface area contributed by atoms with Gasteiger partial charge in [0, 0.05) is 17.5 Å². The first kappa shape index (κ1) is 15.3. The number of thiophene rings is 1. The second-order valence-corrected chi connectivity index (χ2v) is 6.48. The van der Waals surface area contributed by atoms with E-state index in [1.54, 1.807) is 0 Å². The minimum absolute atomic E-state index is 0.608. The van der Waals surface area contributed by atoms with Crippen LogP contribution in [0.5, 0.6) is 0 Å². The number of aryl methyl sites for hydroxylation is 1. The van der Waals surface area contributed by atoms with E-state index >= 15 is 0 Å². The first-order valence-electron chi connectivity index (χ1n) is 7.64. The van der Waals surface area contributed by atoms with E-state index in [2.05, 4.69) is 60.1 Å². The van der Waals surface area contributed by atoms with Gasteiger partial charge in [-0.3, -0.25) is 0 Å². The summed E-state index contributed by atoms with van der Waals surface area (Å²) in [6, 6.07) is 15.6. The molecule has 108 valence electrons. The second-order valence-electron chi connectivity index (χ2n) is 5.45. The van der Waals surface area contributed by atoms with Crippen molar-refractivity contribution in [3.8, 4) is 0 Å². The van der Waals surface area contributed by atoms with Crippen LogP contribution in [0.4, 0.5) is 0 Å². The topological polar surface area (TPSA) is 12.0 Å². The second kappa shape index (κ2) is 8.93. The molecular formula is C18H25NS. The zero-order chi connectivity index (χ0) is 14.0. The molecule has 1 unspecified atom stereocenters. The SMILES string of the molecule is CC(CCCCCc1cccs1)NCc1ccccc1. The fourth-order valence-corrected chi connectivity index (χ4v) is 3.12. The number of rotatable bonds is 9. The summed E-state index contributed by atoms with van der Waals surface area (Å²) >= 11 is 1.88. The molecule has 0 saturated carbocycles. The zero-order valence-corrected chi connectivity index (χ0v) is 13.2. The standard InChI is InChI=1S/C18H25NS/c1-16(19-15-17-10-5-3-6-11-17)9-4-2-7-12-18-13-8-14-20-18/h3,5-6,8,10-11,13-14,16,19H,2,4,7,9,12,15H2,1H3. The van der Waals surface area contributed by atoms with E-state index in [0.29, 0.717) is 6.04 Å². The number of hydrogen-bond donors (Lipinski definition) is 1. The Labute approximate surface area is 127 Å². The van der Waals surface area contributed by atoms with Gasteiger partial charge in [0.2, 0.25) is 0 Å². The van der Waals surface area contributed by atoms with E-state index < -0.39 is 0 Å². The summed E-state index contributed by atoms with van der Waals surface area (Å²) in [5.74, 6) is 0. The molecule has 20 heavy (non-hydrogen) atoms. The summed E-state index contributed by atoms with van der Waals surface area (Å²) < 4.78 is 0. The largest absolute Gasteiger partial charge is 0.310 e. The Morgan fingerprint density at radius 3 is 2.60 bits per heavy atom. The highest BCUT2D eigenvalue weighted by Crippen LogP contribution is 2.13. The van der Waals surface area contributed by atoms with Gasteiger partial charge in [0.05, 0.1) is 0 Å². The summed E-state index contributed by atoms with van der Waals surface area (Å²) in [7, 11) is 0. The van der Waals surface area contributed by atoms with Gasteiger partial charge in [-0.1, -0.05) is 49.2 Å². The van der Waals surface area contributed by atoms with Crippen LogP contribution in [-0.2, 0) is 13.0 Å². The fourth-order valence-electron chi connectivity index (χ4n) is 2.37. The number of benzene rings is 1. The Hall–Kier alpha value is -1.12. The normalized spacial score (nSPS) is 12.4. The van der Waals surface area contributed by atoms with Crippen LogP contribution in [0.15, 0.2) is 47.8 Å². The third-order valence-electron chi connectivity index (χ3n) is 3.64. The zero-order valence-electron chi connectivity index (χ0n) is 12.3. The highest BCUT2D eigenvalue weighted by Gasteiger charge is 2.01. The molecule has 0 fully saturated rings. The maximum Gasteiger partial charge on any atom is 0.0207 e. The number of hydrogen-bond acceptors (Lipinski definition) is 2. The van der Waals surface area contributed by atoms with E-state index in [0.717, 1.165) is 6.54 Å². The van der Waals surface area contributed by atoms with Crippen LogP contribution in [0.2, 0.25) is 0 Å². The van der Waals surface area contributed by atoms with Gasteiger partial charge in [0.25, 0.3) is 0 Å². The molecule has 1 aromatic carbocycles. The number of nitrogens with one attached hydrogen (secondary N) is 1. The van der Waals surface area contributed by atoms with Gasteiger partial charge in [-0.15, -0.1) is 11.3 Å². The fraction of sp³-hybridized carbons (Fsp3) is 0.444. The highest BCUT2D eigenvalue weighted by molar-refractivity contribution is 7.09. The lowest BCUT2D eigenvalue weighted by molar-refractivity contribution is 0.484. The lowest BCUT2D eigenvalue weighted by atomic mass is 10.1. The minimum atomic E-state index is 0.608. The smallest absolute Gasteiger partial charge is 0.0207 e. The average Bonchev–Trinajstić information content (AvgIpc) is 2.99. The summed E-state index contributed by atoms with van der Waals surface area (Å²) in [5, 5.41) is 5.78. The Balaban J connectivity index is 1.51. The molecule has 1 atom stereocenters. The van der Waals surface area contributed by atoms with Crippen molar-refractivity contribution in [2.75, 3.05) is 0 Å². The molecule has 0 spiro atoms. The van der Waals surface area contributed by atoms with Crippen LogP contribution in [0.1, 0.15) is 43.0 Å². The van der Waals surface area contributed by atoms with Crippen molar-refractivity contribution in [3.63, 3.8) is 0 Å². The van der Waals surface area contributed by atoms with E-state index in [9.17, 15) is 0 Å². The Morgan fingerprint density at radius 2 is 1.85 bits per heavy atom. The van der Waals surface area contributed by atoms with E-state index in [-0.39, 0.29) is 0 Å². The Bertz CT molecular complexity index is 450. The summed E-state index contributed by atoms with van der Waals surface area (Å²) in [5.41, 5.74) is 1.37. The van der Waals surface area contributed by atoms with Crippen molar-refractivity contribution in [3.05, 3.63) is 58.3 Å². The van der Waals surface area contributed by atoms with Gasteiger partial charge >= 0.3 is 0 Å². The van der Waals surface area contributed by atoms with Crippen LogP contribution in [0.3, 0.4) is 0 Å². The molecular weight excluding hydrogens is 262 g/mol. The molecule has 0 aliphatic heterocycles. The monoisotopic (exact) mass is 287 g/mol. The quantitative estimate of drug-likeness (QED) is 0.638. The van der Waals surface area contributed by atoms with Crippen molar-refractivity contribution in [2.45, 2.75) is 51.6 Å². The molecule has 1 N–H and O–H groups in total. The molecule has 0 aliphatic carbocycles. The van der Waals surface area contributed by atoms with Crippen molar-refractivity contribution in [1.29, 1.82) is 0 Å². The first-order chi connectivity index (χ1) is 9.84. The number of unbranched alkanes of at least 4 members (excludes halogenated alkanes) is 2. The van der Waals surface area contributed by atoms with Crippen LogP contribution in [-0.4, -0.2) is 6.04 Å². The Kier molecular flexibility index (Phi) is 6.82. The van der Waals surface area contributed by atoms with Gasteiger partial charge in [-0.25, -0.2) is 0 Å². The molecule has 2 heteroatoms. The predicted molar refractivity (Wildman–Crippen MR) is 89.2 cm³/mol. The molecule has 0 aliphatic rings. The molecule has 1 aromatic heterocycles. The van der Waals surface area contributed by atoms with Crippen molar-refractivity contribution < 1.29 is 0 Å². The molecule has 1 heterocycles. The lowest BCUT2D eigenvalue weighted by Crippen LogP contribution is -2.25. The van der Waals surface area contributed by atoms with Crippen molar-refractivity contribution in [1.82, 2.24) is 5.32 Å².